The molecule has 0 unspecified atom stereocenters. The van der Waals surface area contributed by atoms with E-state index < -0.39 is 0 Å². The van der Waals surface area contributed by atoms with Crippen molar-refractivity contribution in [2.75, 3.05) is 23.8 Å². The van der Waals surface area contributed by atoms with Crippen LogP contribution in [0, 0.1) is 0 Å². The van der Waals surface area contributed by atoms with Gasteiger partial charge < -0.3 is 15.4 Å². The minimum absolute atomic E-state index is 0.386. The van der Waals surface area contributed by atoms with Crippen LogP contribution >= 0.6 is 0 Å². The van der Waals surface area contributed by atoms with Crippen LogP contribution in [0.4, 0.5) is 11.6 Å². The van der Waals surface area contributed by atoms with Gasteiger partial charge in [0.15, 0.2) is 5.82 Å². The van der Waals surface area contributed by atoms with Crippen LogP contribution in [0.5, 0.6) is 0 Å². The lowest BCUT2D eigenvalue weighted by Gasteiger charge is -2.22. The minimum Gasteiger partial charge on any atom is -0.384 e. The fourth-order valence-electron chi connectivity index (χ4n) is 2.08. The highest BCUT2D eigenvalue weighted by molar-refractivity contribution is 5.47. The first-order valence-corrected chi connectivity index (χ1v) is 7.23. The highest BCUT2D eigenvalue weighted by atomic mass is 16.5. The molecule has 5 heteroatoms. The maximum Gasteiger partial charge on any atom is 0.158 e. The fourth-order valence-corrected chi connectivity index (χ4v) is 2.08. The summed E-state index contributed by atoms with van der Waals surface area (Å²) in [6.45, 7) is 6.71. The lowest BCUT2D eigenvalue weighted by molar-refractivity contribution is 0.128. The largest absolute Gasteiger partial charge is 0.384 e. The SMILES string of the molecule is CCOCc1nc(N)cc(N(CC)Cc2ccccc2)n1. The van der Waals surface area contributed by atoms with Crippen LogP contribution in [0.2, 0.25) is 0 Å². The standard InChI is InChI=1S/C16H22N4O/c1-3-20(11-13-8-6-5-7-9-13)16-10-14(17)18-15(19-16)12-21-4-2/h5-10H,3-4,11-12H2,1-2H3,(H2,17,18,19). The average Bonchev–Trinajstić information content (AvgIpc) is 2.51. The molecule has 112 valence electrons. The van der Waals surface area contributed by atoms with Crippen LogP contribution in [-0.2, 0) is 17.9 Å². The Kier molecular flexibility index (Phi) is 5.51. The molecule has 5 nitrogen and oxygen atoms in total. The molecule has 0 aliphatic carbocycles. The second-order valence-corrected chi connectivity index (χ2v) is 4.70. The summed E-state index contributed by atoms with van der Waals surface area (Å²) in [5, 5.41) is 0. The summed E-state index contributed by atoms with van der Waals surface area (Å²) in [4.78, 5) is 10.9. The molecular formula is C16H22N4O. The number of benzene rings is 1. The number of anilines is 2. The van der Waals surface area contributed by atoms with Crippen molar-refractivity contribution >= 4 is 11.6 Å². The van der Waals surface area contributed by atoms with E-state index in [9.17, 15) is 0 Å². The molecule has 1 aromatic carbocycles. The first-order valence-electron chi connectivity index (χ1n) is 7.23. The van der Waals surface area contributed by atoms with Gasteiger partial charge in [-0.2, -0.15) is 0 Å². The molecule has 0 bridgehead atoms. The molecule has 2 rings (SSSR count). The molecule has 2 aromatic rings. The van der Waals surface area contributed by atoms with Crippen molar-refractivity contribution < 1.29 is 4.74 Å². The summed E-state index contributed by atoms with van der Waals surface area (Å²) in [5.74, 6) is 1.93. The van der Waals surface area contributed by atoms with E-state index in [1.54, 1.807) is 0 Å². The molecule has 2 N–H and O–H groups in total. The zero-order chi connectivity index (χ0) is 15.1. The number of nitrogens with two attached hydrogens (primary N) is 1. The number of hydrogen-bond donors (Lipinski definition) is 1. The first kappa shape index (κ1) is 15.3. The van der Waals surface area contributed by atoms with Crippen molar-refractivity contribution in [3.8, 4) is 0 Å². The van der Waals surface area contributed by atoms with E-state index in [-0.39, 0.29) is 0 Å². The molecule has 0 fully saturated rings. The second kappa shape index (κ2) is 7.59. The zero-order valence-electron chi connectivity index (χ0n) is 12.6. The Balaban J connectivity index is 2.19. The van der Waals surface area contributed by atoms with Gasteiger partial charge in [-0.05, 0) is 19.4 Å². The molecule has 0 aliphatic heterocycles. The van der Waals surface area contributed by atoms with Gasteiger partial charge in [0.25, 0.3) is 0 Å². The topological polar surface area (TPSA) is 64.3 Å². The molecule has 0 radical (unpaired) electrons. The maximum absolute atomic E-state index is 5.88. The monoisotopic (exact) mass is 286 g/mol. The van der Waals surface area contributed by atoms with Gasteiger partial charge in [0.2, 0.25) is 0 Å². The van der Waals surface area contributed by atoms with Crippen LogP contribution in [0.25, 0.3) is 0 Å². The van der Waals surface area contributed by atoms with Crippen molar-refractivity contribution in [3.05, 3.63) is 47.8 Å². The van der Waals surface area contributed by atoms with Crippen LogP contribution in [0.15, 0.2) is 36.4 Å². The molecule has 0 aliphatic rings. The van der Waals surface area contributed by atoms with Gasteiger partial charge in [0.05, 0.1) is 0 Å². The van der Waals surface area contributed by atoms with Crippen molar-refractivity contribution in [2.45, 2.75) is 27.0 Å². The van der Waals surface area contributed by atoms with Gasteiger partial charge in [-0.25, -0.2) is 9.97 Å². The van der Waals surface area contributed by atoms with Crippen molar-refractivity contribution in [1.29, 1.82) is 0 Å². The van der Waals surface area contributed by atoms with Gasteiger partial charge in [-0.15, -0.1) is 0 Å². The maximum atomic E-state index is 5.88. The van der Waals surface area contributed by atoms with E-state index in [0.717, 1.165) is 18.9 Å². The number of nitrogen functional groups attached to an aromatic ring is 1. The summed E-state index contributed by atoms with van der Waals surface area (Å²) >= 11 is 0. The number of ether oxygens (including phenoxy) is 1. The number of hydrogen-bond acceptors (Lipinski definition) is 5. The molecule has 1 aromatic heterocycles. The summed E-state index contributed by atoms with van der Waals surface area (Å²) < 4.78 is 5.36. The highest BCUT2D eigenvalue weighted by Gasteiger charge is 2.10. The van der Waals surface area contributed by atoms with E-state index in [4.69, 9.17) is 10.5 Å². The van der Waals surface area contributed by atoms with E-state index in [0.29, 0.717) is 24.9 Å². The summed E-state index contributed by atoms with van der Waals surface area (Å²) in [7, 11) is 0. The Morgan fingerprint density at radius 3 is 2.57 bits per heavy atom. The summed E-state index contributed by atoms with van der Waals surface area (Å²) in [6, 6.07) is 12.1. The molecular weight excluding hydrogens is 264 g/mol. The van der Waals surface area contributed by atoms with Gasteiger partial charge >= 0.3 is 0 Å². The smallest absolute Gasteiger partial charge is 0.158 e. The summed E-state index contributed by atoms with van der Waals surface area (Å²) in [6.07, 6.45) is 0. The van der Waals surface area contributed by atoms with E-state index in [1.165, 1.54) is 5.56 Å². The minimum atomic E-state index is 0.386. The lowest BCUT2D eigenvalue weighted by Crippen LogP contribution is -2.24. The fraction of sp³-hybridized carbons (Fsp3) is 0.375. The van der Waals surface area contributed by atoms with Crippen molar-refractivity contribution in [2.24, 2.45) is 0 Å². The number of nitrogens with zero attached hydrogens (tertiary/aromatic N) is 3. The molecule has 0 saturated carbocycles. The highest BCUT2D eigenvalue weighted by Crippen LogP contribution is 2.17. The second-order valence-electron chi connectivity index (χ2n) is 4.70. The quantitative estimate of drug-likeness (QED) is 0.847. The Hall–Kier alpha value is -2.14. The van der Waals surface area contributed by atoms with E-state index in [1.807, 2.05) is 31.2 Å². The Labute approximate surface area is 125 Å². The van der Waals surface area contributed by atoms with Crippen molar-refractivity contribution in [1.82, 2.24) is 9.97 Å². The normalized spacial score (nSPS) is 10.6. The third kappa shape index (κ3) is 4.43. The first-order chi connectivity index (χ1) is 10.2. The molecule has 0 saturated heterocycles. The number of aromatic nitrogens is 2. The predicted molar refractivity (Wildman–Crippen MR) is 84.9 cm³/mol. The molecule has 21 heavy (non-hydrogen) atoms. The lowest BCUT2D eigenvalue weighted by atomic mass is 10.2. The molecule has 0 atom stereocenters. The van der Waals surface area contributed by atoms with E-state index in [2.05, 4.69) is 33.9 Å². The van der Waals surface area contributed by atoms with Crippen LogP contribution in [0.1, 0.15) is 25.2 Å². The van der Waals surface area contributed by atoms with Gasteiger partial charge in [-0.1, -0.05) is 30.3 Å². The molecule has 0 spiro atoms. The Morgan fingerprint density at radius 1 is 1.14 bits per heavy atom. The third-order valence-electron chi connectivity index (χ3n) is 3.14. The Morgan fingerprint density at radius 2 is 1.90 bits per heavy atom. The average molecular weight is 286 g/mol. The van der Waals surface area contributed by atoms with Gasteiger partial charge in [0.1, 0.15) is 18.2 Å². The van der Waals surface area contributed by atoms with Crippen LogP contribution in [0.3, 0.4) is 0 Å². The molecule has 1 heterocycles. The number of rotatable bonds is 7. The third-order valence-corrected chi connectivity index (χ3v) is 3.14. The molecule has 0 amide bonds. The van der Waals surface area contributed by atoms with Gasteiger partial charge in [0, 0.05) is 25.8 Å². The van der Waals surface area contributed by atoms with Crippen molar-refractivity contribution in [3.63, 3.8) is 0 Å². The van der Waals surface area contributed by atoms with Gasteiger partial charge in [-0.3, -0.25) is 0 Å². The predicted octanol–water partition coefficient (Wildman–Crippen LogP) is 2.62. The Bertz CT molecular complexity index is 559. The van der Waals surface area contributed by atoms with Crippen LogP contribution in [-0.4, -0.2) is 23.1 Å². The zero-order valence-corrected chi connectivity index (χ0v) is 12.6. The van der Waals surface area contributed by atoms with Crippen LogP contribution < -0.4 is 10.6 Å². The summed E-state index contributed by atoms with van der Waals surface area (Å²) in [5.41, 5.74) is 7.12. The van der Waals surface area contributed by atoms with E-state index >= 15 is 0 Å².